The molecule has 0 bridgehead atoms. The molecule has 1 rings (SSSR count). The average molecular weight is 296 g/mol. The van der Waals surface area contributed by atoms with E-state index in [-0.39, 0.29) is 16.9 Å². The number of hydrogen-bond donors (Lipinski definition) is 2. The van der Waals surface area contributed by atoms with Crippen molar-refractivity contribution >= 4 is 11.8 Å². The molecule has 0 aliphatic rings. The van der Waals surface area contributed by atoms with Gasteiger partial charge in [0.25, 0.3) is 0 Å². The Hall–Kier alpha value is -0.670. The van der Waals surface area contributed by atoms with Crippen molar-refractivity contribution in [3.05, 3.63) is 23.3 Å². The highest BCUT2D eigenvalue weighted by Gasteiger charge is 2.26. The molecule has 1 aromatic rings. The summed E-state index contributed by atoms with van der Waals surface area (Å²) in [6.07, 6.45) is -0.329. The van der Waals surface area contributed by atoms with Crippen molar-refractivity contribution in [2.45, 2.75) is 70.3 Å². The Bertz CT molecular complexity index is 430. The first kappa shape index (κ1) is 17.4. The lowest BCUT2D eigenvalue weighted by atomic mass is 9.79. The van der Waals surface area contributed by atoms with Gasteiger partial charge in [-0.05, 0) is 29.9 Å². The van der Waals surface area contributed by atoms with Crippen LogP contribution in [0.2, 0.25) is 0 Å². The minimum Gasteiger partial charge on any atom is -0.507 e. The van der Waals surface area contributed by atoms with Gasteiger partial charge in [-0.1, -0.05) is 41.5 Å². The van der Waals surface area contributed by atoms with Crippen molar-refractivity contribution in [3.63, 3.8) is 0 Å². The molecule has 2 N–H and O–H groups in total. The molecule has 0 aliphatic heterocycles. The zero-order valence-electron chi connectivity index (χ0n) is 13.7. The first-order valence-corrected chi connectivity index (χ1v) is 8.10. The van der Waals surface area contributed by atoms with Crippen LogP contribution in [0.4, 0.5) is 0 Å². The summed E-state index contributed by atoms with van der Waals surface area (Å²) in [5.74, 6) is 1.07. The van der Waals surface area contributed by atoms with Gasteiger partial charge in [-0.15, -0.1) is 11.8 Å². The molecule has 1 unspecified atom stereocenters. The predicted molar refractivity (Wildman–Crippen MR) is 87.9 cm³/mol. The van der Waals surface area contributed by atoms with Crippen LogP contribution in [0.5, 0.6) is 5.75 Å². The number of phenols is 1. The molecule has 114 valence electrons. The van der Waals surface area contributed by atoms with E-state index in [1.165, 1.54) is 0 Å². The summed E-state index contributed by atoms with van der Waals surface area (Å²) in [6.45, 7) is 14.4. The predicted octanol–water partition coefficient (Wildman–Crippen LogP) is 4.46. The van der Waals surface area contributed by atoms with E-state index in [1.807, 2.05) is 0 Å². The van der Waals surface area contributed by atoms with Gasteiger partial charge in [0.05, 0.1) is 6.10 Å². The molecule has 0 saturated carbocycles. The molecule has 0 spiro atoms. The fourth-order valence-electron chi connectivity index (χ4n) is 2.05. The van der Waals surface area contributed by atoms with E-state index in [1.54, 1.807) is 18.7 Å². The molecule has 1 aromatic carbocycles. The number of hydrogen-bond acceptors (Lipinski definition) is 3. The van der Waals surface area contributed by atoms with E-state index in [0.29, 0.717) is 11.5 Å². The second-order valence-electron chi connectivity index (χ2n) is 7.53. The molecule has 0 aliphatic carbocycles. The molecular formula is C17H28O2S. The number of rotatable bonds is 3. The maximum atomic E-state index is 10.6. The summed E-state index contributed by atoms with van der Waals surface area (Å²) in [5.41, 5.74) is 1.73. The van der Waals surface area contributed by atoms with E-state index >= 15 is 0 Å². The highest BCUT2D eigenvalue weighted by molar-refractivity contribution is 7.99. The van der Waals surface area contributed by atoms with E-state index < -0.39 is 0 Å². The van der Waals surface area contributed by atoms with Crippen LogP contribution < -0.4 is 0 Å². The van der Waals surface area contributed by atoms with Crippen LogP contribution >= 0.6 is 11.8 Å². The summed E-state index contributed by atoms with van der Waals surface area (Å²) in [4.78, 5) is 1.11. The summed E-state index contributed by atoms with van der Waals surface area (Å²) in [6, 6.07) is 4.11. The zero-order chi connectivity index (χ0) is 15.7. The molecule has 0 amide bonds. The van der Waals surface area contributed by atoms with Gasteiger partial charge >= 0.3 is 0 Å². The monoisotopic (exact) mass is 296 g/mol. The number of thioether (sulfide) groups is 1. The zero-order valence-corrected chi connectivity index (χ0v) is 14.6. The second kappa shape index (κ2) is 5.98. The van der Waals surface area contributed by atoms with E-state index in [2.05, 4.69) is 53.7 Å². The van der Waals surface area contributed by atoms with Gasteiger partial charge in [0.1, 0.15) is 5.75 Å². The van der Waals surface area contributed by atoms with Crippen molar-refractivity contribution < 1.29 is 10.2 Å². The topological polar surface area (TPSA) is 40.5 Å². The van der Waals surface area contributed by atoms with E-state index in [0.717, 1.165) is 16.0 Å². The number of aromatic hydroxyl groups is 1. The third kappa shape index (κ3) is 4.42. The number of benzene rings is 1. The Kier molecular flexibility index (Phi) is 5.20. The largest absolute Gasteiger partial charge is 0.507 e. The van der Waals surface area contributed by atoms with Crippen LogP contribution in [0.1, 0.15) is 59.6 Å². The van der Waals surface area contributed by atoms with Gasteiger partial charge in [0.2, 0.25) is 0 Å². The average Bonchev–Trinajstić information content (AvgIpc) is 2.24. The Labute approximate surface area is 127 Å². The van der Waals surface area contributed by atoms with Gasteiger partial charge in [0, 0.05) is 21.8 Å². The Morgan fingerprint density at radius 3 is 1.70 bits per heavy atom. The van der Waals surface area contributed by atoms with Crippen molar-refractivity contribution in [2.24, 2.45) is 0 Å². The second-order valence-corrected chi connectivity index (χ2v) is 8.62. The lowest BCUT2D eigenvalue weighted by Crippen LogP contribution is -2.17. The maximum absolute atomic E-state index is 10.6. The van der Waals surface area contributed by atoms with Gasteiger partial charge in [-0.2, -0.15) is 0 Å². The van der Waals surface area contributed by atoms with Crippen LogP contribution in [-0.2, 0) is 10.8 Å². The molecule has 20 heavy (non-hydrogen) atoms. The van der Waals surface area contributed by atoms with Crippen LogP contribution in [0.25, 0.3) is 0 Å². The minimum absolute atomic E-state index is 0.106. The van der Waals surface area contributed by atoms with Gasteiger partial charge in [-0.25, -0.2) is 0 Å². The third-order valence-corrected chi connectivity index (χ3v) is 4.41. The molecule has 2 nitrogen and oxygen atoms in total. The lowest BCUT2D eigenvalue weighted by Gasteiger charge is -2.28. The Balaban J connectivity index is 3.35. The number of phenolic OH excluding ortho intramolecular Hbond substituents is 1. The Morgan fingerprint density at radius 2 is 1.40 bits per heavy atom. The van der Waals surface area contributed by atoms with Crippen LogP contribution in [0, 0.1) is 0 Å². The quantitative estimate of drug-likeness (QED) is 0.809. The third-order valence-electron chi connectivity index (χ3n) is 3.19. The Morgan fingerprint density at radius 1 is 1.00 bits per heavy atom. The first-order chi connectivity index (χ1) is 8.93. The molecule has 0 saturated heterocycles. The van der Waals surface area contributed by atoms with Crippen molar-refractivity contribution in [1.82, 2.24) is 0 Å². The highest BCUT2D eigenvalue weighted by atomic mass is 32.2. The standard InChI is InChI=1S/C17H28O2S/c1-11(18)10-20-12-8-13(16(2,3)4)15(19)14(9-12)17(5,6)7/h8-9,11,18-19H,10H2,1-7H3. The summed E-state index contributed by atoms with van der Waals surface area (Å²) >= 11 is 1.64. The van der Waals surface area contributed by atoms with E-state index in [4.69, 9.17) is 0 Å². The molecule has 0 radical (unpaired) electrons. The lowest BCUT2D eigenvalue weighted by molar-refractivity contribution is 0.220. The fraction of sp³-hybridized carbons (Fsp3) is 0.647. The fourth-order valence-corrected chi connectivity index (χ4v) is 2.89. The minimum atomic E-state index is -0.329. The molecule has 1 atom stereocenters. The van der Waals surface area contributed by atoms with Crippen LogP contribution in [0.15, 0.2) is 17.0 Å². The van der Waals surface area contributed by atoms with Crippen molar-refractivity contribution in [1.29, 1.82) is 0 Å². The maximum Gasteiger partial charge on any atom is 0.123 e. The molecular weight excluding hydrogens is 268 g/mol. The molecule has 3 heteroatoms. The molecule has 0 fully saturated rings. The van der Waals surface area contributed by atoms with E-state index in [9.17, 15) is 10.2 Å². The highest BCUT2D eigenvalue weighted by Crippen LogP contribution is 2.41. The SMILES string of the molecule is CC(O)CSc1cc(C(C)(C)C)c(O)c(C(C)(C)C)c1. The van der Waals surface area contributed by atoms with Gasteiger partial charge in [0.15, 0.2) is 0 Å². The van der Waals surface area contributed by atoms with Crippen LogP contribution in [0.3, 0.4) is 0 Å². The summed E-state index contributed by atoms with van der Waals surface area (Å²) in [5, 5.41) is 20.1. The van der Waals surface area contributed by atoms with Gasteiger partial charge < -0.3 is 10.2 Å². The smallest absolute Gasteiger partial charge is 0.123 e. The van der Waals surface area contributed by atoms with Gasteiger partial charge in [-0.3, -0.25) is 0 Å². The molecule has 0 heterocycles. The number of aliphatic hydroxyl groups excluding tert-OH is 1. The molecule has 0 aromatic heterocycles. The summed E-state index contributed by atoms with van der Waals surface area (Å²) < 4.78 is 0. The van der Waals surface area contributed by atoms with Crippen molar-refractivity contribution in [3.8, 4) is 5.75 Å². The first-order valence-electron chi connectivity index (χ1n) is 7.11. The van der Waals surface area contributed by atoms with Crippen LogP contribution in [-0.4, -0.2) is 22.1 Å². The normalized spacial score (nSPS) is 14.4. The van der Waals surface area contributed by atoms with Crippen molar-refractivity contribution in [2.75, 3.05) is 5.75 Å². The number of aliphatic hydroxyl groups is 1. The summed E-state index contributed by atoms with van der Waals surface area (Å²) in [7, 11) is 0.